The molecule has 0 aliphatic carbocycles. The third-order valence-corrected chi connectivity index (χ3v) is 3.01. The van der Waals surface area contributed by atoms with Crippen LogP contribution in [0.3, 0.4) is 0 Å². The summed E-state index contributed by atoms with van der Waals surface area (Å²) in [4.78, 5) is 11.6. The van der Waals surface area contributed by atoms with Crippen LogP contribution in [-0.2, 0) is 28.8 Å². The zero-order chi connectivity index (χ0) is 13.5. The van der Waals surface area contributed by atoms with E-state index in [1.54, 1.807) is 6.92 Å². The molecule has 1 aromatic carbocycles. The summed E-state index contributed by atoms with van der Waals surface area (Å²) in [5.41, 5.74) is 3.73. The number of benzene rings is 1. The van der Waals surface area contributed by atoms with Crippen LogP contribution in [0.25, 0.3) is 0 Å². The zero-order valence-electron chi connectivity index (χ0n) is 11.2. The molecule has 0 heterocycles. The highest BCUT2D eigenvalue weighted by Crippen LogP contribution is 2.21. The molecule has 0 N–H and O–H groups in total. The first kappa shape index (κ1) is 14.2. The molecule has 0 aliphatic rings. The van der Waals surface area contributed by atoms with Crippen molar-refractivity contribution in [1.82, 2.24) is 0 Å². The average Bonchev–Trinajstić information content (AvgIpc) is 2.38. The van der Waals surface area contributed by atoms with Gasteiger partial charge in [0.15, 0.2) is 0 Å². The van der Waals surface area contributed by atoms with Gasteiger partial charge >= 0.3 is 5.97 Å². The Kier molecular flexibility index (Phi) is 5.38. The number of ether oxygens (including phenoxy) is 1. The van der Waals surface area contributed by atoms with Crippen LogP contribution >= 0.6 is 0 Å². The van der Waals surface area contributed by atoms with Crippen LogP contribution in [0, 0.1) is 11.3 Å². The van der Waals surface area contributed by atoms with Gasteiger partial charge in [0.2, 0.25) is 0 Å². The fraction of sp³-hybridized carbons (Fsp3) is 0.467. The molecule has 0 amide bonds. The molecule has 3 heteroatoms. The number of carbonyl (C=O) groups excluding carboxylic acids is 1. The molecule has 3 nitrogen and oxygen atoms in total. The van der Waals surface area contributed by atoms with Crippen LogP contribution in [0.15, 0.2) is 12.1 Å². The second-order valence-electron chi connectivity index (χ2n) is 4.03. The van der Waals surface area contributed by atoms with Gasteiger partial charge in [0.25, 0.3) is 0 Å². The quantitative estimate of drug-likeness (QED) is 0.749. The van der Waals surface area contributed by atoms with Crippen LogP contribution in [0.2, 0.25) is 0 Å². The minimum atomic E-state index is -0.225. The minimum absolute atomic E-state index is 0.225. The highest BCUT2D eigenvalue weighted by atomic mass is 16.5. The van der Waals surface area contributed by atoms with Crippen LogP contribution < -0.4 is 0 Å². The van der Waals surface area contributed by atoms with Crippen molar-refractivity contribution in [3.8, 4) is 6.07 Å². The van der Waals surface area contributed by atoms with Crippen molar-refractivity contribution in [2.45, 2.75) is 40.0 Å². The van der Waals surface area contributed by atoms with Crippen LogP contribution in [0.4, 0.5) is 0 Å². The number of aryl methyl sites for hydroxylation is 1. The Morgan fingerprint density at radius 3 is 2.44 bits per heavy atom. The van der Waals surface area contributed by atoms with Gasteiger partial charge in [-0.2, -0.15) is 5.26 Å². The summed E-state index contributed by atoms with van der Waals surface area (Å²) in [6.45, 7) is 6.24. The monoisotopic (exact) mass is 245 g/mol. The van der Waals surface area contributed by atoms with Crippen molar-refractivity contribution in [2.75, 3.05) is 6.61 Å². The standard InChI is InChI=1S/C15H19NO2/c1-4-11-7-8-12(10-16)13(5-2)14(11)9-15(17)18-6-3/h7-8H,4-6,9H2,1-3H3. The number of esters is 1. The Bertz CT molecular complexity index is 472. The molecule has 0 aliphatic heterocycles. The molecule has 1 aromatic rings. The Balaban J connectivity index is 3.20. The normalized spacial score (nSPS) is 9.89. The number of hydrogen-bond donors (Lipinski definition) is 0. The van der Waals surface area contributed by atoms with Crippen molar-refractivity contribution in [3.05, 3.63) is 34.4 Å². The highest BCUT2D eigenvalue weighted by molar-refractivity contribution is 5.74. The summed E-state index contributed by atoms with van der Waals surface area (Å²) < 4.78 is 5.00. The summed E-state index contributed by atoms with van der Waals surface area (Å²) in [7, 11) is 0. The Morgan fingerprint density at radius 1 is 1.22 bits per heavy atom. The lowest BCUT2D eigenvalue weighted by Crippen LogP contribution is -2.12. The van der Waals surface area contributed by atoms with E-state index in [1.807, 2.05) is 19.1 Å². The van der Waals surface area contributed by atoms with Crippen molar-refractivity contribution >= 4 is 5.97 Å². The van der Waals surface area contributed by atoms with Crippen LogP contribution in [-0.4, -0.2) is 12.6 Å². The molecular weight excluding hydrogens is 226 g/mol. The first-order valence-electron chi connectivity index (χ1n) is 6.37. The third kappa shape index (κ3) is 3.10. The zero-order valence-corrected chi connectivity index (χ0v) is 11.2. The molecule has 0 fully saturated rings. The van der Waals surface area contributed by atoms with Gasteiger partial charge in [-0.05, 0) is 42.5 Å². The predicted octanol–water partition coefficient (Wildman–Crippen LogP) is 2.79. The molecule has 0 saturated carbocycles. The molecule has 18 heavy (non-hydrogen) atoms. The van der Waals surface area contributed by atoms with Gasteiger partial charge in [-0.1, -0.05) is 19.9 Å². The number of rotatable bonds is 5. The van der Waals surface area contributed by atoms with Gasteiger partial charge in [-0.25, -0.2) is 0 Å². The lowest BCUT2D eigenvalue weighted by molar-refractivity contribution is -0.142. The second-order valence-corrected chi connectivity index (χ2v) is 4.03. The second kappa shape index (κ2) is 6.80. The largest absolute Gasteiger partial charge is 0.466 e. The maximum atomic E-state index is 11.6. The van der Waals surface area contributed by atoms with E-state index in [4.69, 9.17) is 10.00 Å². The Morgan fingerprint density at radius 2 is 1.94 bits per heavy atom. The van der Waals surface area contributed by atoms with Gasteiger partial charge in [0, 0.05) is 0 Å². The first-order chi connectivity index (χ1) is 8.67. The van der Waals surface area contributed by atoms with Crippen molar-refractivity contribution in [3.63, 3.8) is 0 Å². The minimum Gasteiger partial charge on any atom is -0.466 e. The van der Waals surface area contributed by atoms with Crippen molar-refractivity contribution in [2.24, 2.45) is 0 Å². The molecular formula is C15H19NO2. The molecule has 0 radical (unpaired) electrons. The number of hydrogen-bond acceptors (Lipinski definition) is 3. The van der Waals surface area contributed by atoms with E-state index >= 15 is 0 Å². The van der Waals surface area contributed by atoms with Crippen LogP contribution in [0.1, 0.15) is 43.0 Å². The summed E-state index contributed by atoms with van der Waals surface area (Å²) in [5, 5.41) is 9.11. The third-order valence-electron chi connectivity index (χ3n) is 3.01. The molecule has 0 bridgehead atoms. The van der Waals surface area contributed by atoms with Gasteiger partial charge < -0.3 is 4.74 Å². The maximum absolute atomic E-state index is 11.6. The van der Waals surface area contributed by atoms with Gasteiger partial charge in [0.1, 0.15) is 0 Å². The van der Waals surface area contributed by atoms with E-state index in [0.717, 1.165) is 29.5 Å². The van der Waals surface area contributed by atoms with E-state index in [1.165, 1.54) is 0 Å². The lowest BCUT2D eigenvalue weighted by Gasteiger charge is -2.14. The van der Waals surface area contributed by atoms with Crippen LogP contribution in [0.5, 0.6) is 0 Å². The first-order valence-corrected chi connectivity index (χ1v) is 6.37. The van der Waals surface area contributed by atoms with Gasteiger partial charge in [-0.3, -0.25) is 4.79 Å². The molecule has 0 saturated heterocycles. The fourth-order valence-corrected chi connectivity index (χ4v) is 2.16. The van der Waals surface area contributed by atoms with E-state index in [-0.39, 0.29) is 12.4 Å². The SMILES string of the molecule is CCOC(=O)Cc1c(CC)ccc(C#N)c1CC. The summed E-state index contributed by atoms with van der Waals surface area (Å²) >= 11 is 0. The smallest absolute Gasteiger partial charge is 0.310 e. The number of nitrogens with zero attached hydrogens (tertiary/aromatic N) is 1. The van der Waals surface area contributed by atoms with Crippen molar-refractivity contribution in [1.29, 1.82) is 5.26 Å². The maximum Gasteiger partial charge on any atom is 0.310 e. The molecule has 0 unspecified atom stereocenters. The summed E-state index contributed by atoms with van der Waals surface area (Å²) in [5.74, 6) is -0.225. The Labute approximate surface area is 108 Å². The summed E-state index contributed by atoms with van der Waals surface area (Å²) in [6.07, 6.45) is 1.87. The lowest BCUT2D eigenvalue weighted by atomic mass is 9.91. The van der Waals surface area contributed by atoms with E-state index in [2.05, 4.69) is 13.0 Å². The topological polar surface area (TPSA) is 50.1 Å². The number of carbonyl (C=O) groups is 1. The number of nitriles is 1. The molecule has 96 valence electrons. The average molecular weight is 245 g/mol. The van der Waals surface area contributed by atoms with Crippen molar-refractivity contribution < 1.29 is 9.53 Å². The fourth-order valence-electron chi connectivity index (χ4n) is 2.16. The van der Waals surface area contributed by atoms with E-state index in [0.29, 0.717) is 12.2 Å². The predicted molar refractivity (Wildman–Crippen MR) is 70.3 cm³/mol. The molecule has 0 aromatic heterocycles. The van der Waals surface area contributed by atoms with E-state index < -0.39 is 0 Å². The van der Waals surface area contributed by atoms with E-state index in [9.17, 15) is 4.79 Å². The molecule has 0 atom stereocenters. The van der Waals surface area contributed by atoms with Gasteiger partial charge in [0.05, 0.1) is 24.7 Å². The van der Waals surface area contributed by atoms with Gasteiger partial charge in [-0.15, -0.1) is 0 Å². The Hall–Kier alpha value is -1.82. The molecule has 1 rings (SSSR count). The highest BCUT2D eigenvalue weighted by Gasteiger charge is 2.15. The molecule has 0 spiro atoms. The summed E-state index contributed by atoms with van der Waals surface area (Å²) in [6, 6.07) is 5.97.